The normalized spacial score (nSPS) is 11.7. The molecule has 0 heterocycles. The number of carbonyl (C=O) groups excluding carboxylic acids is 1. The number of halogens is 2. The van der Waals surface area contributed by atoms with Crippen LogP contribution in [0.2, 0.25) is 0 Å². The third-order valence-corrected chi connectivity index (χ3v) is 5.50. The number of benzene rings is 2. The van der Waals surface area contributed by atoms with Crippen molar-refractivity contribution in [3.05, 3.63) is 54.1 Å². The summed E-state index contributed by atoms with van der Waals surface area (Å²) in [5.41, 5.74) is 1.78. The van der Waals surface area contributed by atoms with Crippen LogP contribution in [-0.4, -0.2) is 32.7 Å². The summed E-state index contributed by atoms with van der Waals surface area (Å²) in [5.74, 6) is -3.95. The van der Waals surface area contributed by atoms with Crippen LogP contribution in [0.25, 0.3) is 0 Å². The van der Waals surface area contributed by atoms with E-state index in [2.05, 4.69) is 31.0 Å². The highest BCUT2D eigenvalue weighted by Crippen LogP contribution is 2.21. The van der Waals surface area contributed by atoms with Gasteiger partial charge in [-0.2, -0.15) is 8.78 Å². The maximum atomic E-state index is 12.5. The molecule has 0 fully saturated rings. The number of nitrogens with zero attached hydrogens (tertiary/aromatic N) is 1. The SMILES string of the molecule is CCN(c1ccc(NC(=O)c2ccc(S(=O)(=O)C(F)F)cc2)cc1)C(C)C. The Labute approximate surface area is 157 Å². The minimum atomic E-state index is -4.67. The molecular formula is C19H22F2N2O3S. The van der Waals surface area contributed by atoms with Crippen LogP contribution >= 0.6 is 0 Å². The summed E-state index contributed by atoms with van der Waals surface area (Å²) in [4.78, 5) is 14.0. The molecule has 0 aliphatic rings. The summed E-state index contributed by atoms with van der Waals surface area (Å²) in [6.07, 6.45) is 0. The molecule has 8 heteroatoms. The molecular weight excluding hydrogens is 374 g/mol. The van der Waals surface area contributed by atoms with Crippen LogP contribution in [-0.2, 0) is 9.84 Å². The minimum absolute atomic E-state index is 0.171. The van der Waals surface area contributed by atoms with Gasteiger partial charge in [0.25, 0.3) is 5.91 Å². The van der Waals surface area contributed by atoms with Crippen molar-refractivity contribution in [3.63, 3.8) is 0 Å². The Morgan fingerprint density at radius 3 is 2.04 bits per heavy atom. The Hall–Kier alpha value is -2.48. The van der Waals surface area contributed by atoms with Crippen LogP contribution in [0.4, 0.5) is 20.2 Å². The summed E-state index contributed by atoms with van der Waals surface area (Å²) in [6.45, 7) is 7.11. The van der Waals surface area contributed by atoms with Crippen molar-refractivity contribution in [1.29, 1.82) is 0 Å². The molecule has 2 rings (SSSR count). The summed E-state index contributed by atoms with van der Waals surface area (Å²) >= 11 is 0. The van der Waals surface area contributed by atoms with Gasteiger partial charge in [0.05, 0.1) is 4.90 Å². The van der Waals surface area contributed by atoms with E-state index >= 15 is 0 Å². The molecule has 5 nitrogen and oxygen atoms in total. The number of sulfone groups is 1. The second kappa shape index (κ2) is 8.47. The van der Waals surface area contributed by atoms with Gasteiger partial charge in [0, 0.05) is 29.5 Å². The second-order valence-electron chi connectivity index (χ2n) is 6.21. The van der Waals surface area contributed by atoms with E-state index in [0.717, 1.165) is 24.4 Å². The highest BCUT2D eigenvalue weighted by molar-refractivity contribution is 7.91. The molecule has 27 heavy (non-hydrogen) atoms. The molecule has 0 aromatic heterocycles. The molecule has 0 spiro atoms. The van der Waals surface area contributed by atoms with Crippen molar-refractivity contribution in [1.82, 2.24) is 0 Å². The van der Waals surface area contributed by atoms with E-state index in [4.69, 9.17) is 0 Å². The topological polar surface area (TPSA) is 66.5 Å². The number of amides is 1. The first kappa shape index (κ1) is 20.8. The second-order valence-corrected chi connectivity index (χ2v) is 8.13. The quantitative estimate of drug-likeness (QED) is 0.763. The smallest absolute Gasteiger partial charge is 0.341 e. The third kappa shape index (κ3) is 4.82. The van der Waals surface area contributed by atoms with E-state index in [1.165, 1.54) is 12.1 Å². The summed E-state index contributed by atoms with van der Waals surface area (Å²) in [6, 6.07) is 12.1. The summed E-state index contributed by atoms with van der Waals surface area (Å²) < 4.78 is 47.9. The molecule has 0 unspecified atom stereocenters. The average Bonchev–Trinajstić information content (AvgIpc) is 2.63. The zero-order valence-corrected chi connectivity index (χ0v) is 16.1. The maximum Gasteiger partial charge on any atom is 0.341 e. The lowest BCUT2D eigenvalue weighted by atomic mass is 10.2. The van der Waals surface area contributed by atoms with Gasteiger partial charge in [-0.3, -0.25) is 4.79 Å². The molecule has 0 bridgehead atoms. The molecule has 0 saturated heterocycles. The highest BCUT2D eigenvalue weighted by Gasteiger charge is 2.26. The lowest BCUT2D eigenvalue weighted by Crippen LogP contribution is -2.30. The standard InChI is InChI=1S/C19H22F2N2O3S/c1-4-23(13(2)3)16-9-7-15(8-10-16)22-18(24)14-5-11-17(12-6-14)27(25,26)19(20)21/h5-13,19H,4H2,1-3H3,(H,22,24). The summed E-state index contributed by atoms with van der Waals surface area (Å²) in [7, 11) is -4.67. The first-order chi connectivity index (χ1) is 12.7. The molecule has 0 aliphatic heterocycles. The lowest BCUT2D eigenvalue weighted by molar-refractivity contribution is 0.102. The Bertz CT molecular complexity index is 880. The molecule has 0 saturated carbocycles. The zero-order valence-electron chi connectivity index (χ0n) is 15.3. The monoisotopic (exact) mass is 396 g/mol. The van der Waals surface area contributed by atoms with E-state index < -0.39 is 26.4 Å². The molecule has 1 N–H and O–H groups in total. The van der Waals surface area contributed by atoms with Crippen LogP contribution in [0.5, 0.6) is 0 Å². The Kier molecular flexibility index (Phi) is 6.54. The van der Waals surface area contributed by atoms with E-state index in [1.54, 1.807) is 12.1 Å². The van der Waals surface area contributed by atoms with Gasteiger partial charge in [-0.15, -0.1) is 0 Å². The van der Waals surface area contributed by atoms with Crippen LogP contribution < -0.4 is 10.2 Å². The fraction of sp³-hybridized carbons (Fsp3) is 0.316. The van der Waals surface area contributed by atoms with Gasteiger partial charge in [0.1, 0.15) is 0 Å². The van der Waals surface area contributed by atoms with Gasteiger partial charge in [0.15, 0.2) is 0 Å². The first-order valence-corrected chi connectivity index (χ1v) is 10.0. The fourth-order valence-corrected chi connectivity index (χ4v) is 3.41. The van der Waals surface area contributed by atoms with Gasteiger partial charge in [0.2, 0.25) is 9.84 Å². The molecule has 2 aromatic carbocycles. The van der Waals surface area contributed by atoms with Gasteiger partial charge < -0.3 is 10.2 Å². The fourth-order valence-electron chi connectivity index (χ4n) is 2.68. The number of carbonyl (C=O) groups is 1. The molecule has 146 valence electrons. The molecule has 1 amide bonds. The van der Waals surface area contributed by atoms with Crippen LogP contribution in [0.3, 0.4) is 0 Å². The van der Waals surface area contributed by atoms with E-state index in [0.29, 0.717) is 11.7 Å². The van der Waals surface area contributed by atoms with E-state index in [-0.39, 0.29) is 5.56 Å². The number of hydrogen-bond donors (Lipinski definition) is 1. The number of hydrogen-bond acceptors (Lipinski definition) is 4. The Morgan fingerprint density at radius 2 is 1.59 bits per heavy atom. The number of rotatable bonds is 7. The largest absolute Gasteiger partial charge is 0.369 e. The maximum absolute atomic E-state index is 12.5. The van der Waals surface area contributed by atoms with E-state index in [1.807, 2.05) is 12.1 Å². The van der Waals surface area contributed by atoms with Gasteiger partial charge in [-0.25, -0.2) is 8.42 Å². The van der Waals surface area contributed by atoms with Crippen molar-refractivity contribution >= 4 is 27.1 Å². The van der Waals surface area contributed by atoms with Gasteiger partial charge in [-0.1, -0.05) is 0 Å². The third-order valence-electron chi connectivity index (χ3n) is 4.10. The molecule has 0 atom stereocenters. The molecule has 2 aromatic rings. The van der Waals surface area contributed by atoms with Crippen molar-refractivity contribution in [3.8, 4) is 0 Å². The first-order valence-electron chi connectivity index (χ1n) is 8.47. The van der Waals surface area contributed by atoms with Crippen LogP contribution in [0.1, 0.15) is 31.1 Å². The van der Waals surface area contributed by atoms with E-state index in [9.17, 15) is 22.0 Å². The van der Waals surface area contributed by atoms with Crippen molar-refractivity contribution in [2.45, 2.75) is 37.5 Å². The van der Waals surface area contributed by atoms with Crippen molar-refractivity contribution < 1.29 is 22.0 Å². The molecule has 0 aliphatic carbocycles. The van der Waals surface area contributed by atoms with Gasteiger partial charge >= 0.3 is 5.76 Å². The van der Waals surface area contributed by atoms with Gasteiger partial charge in [-0.05, 0) is 69.3 Å². The highest BCUT2D eigenvalue weighted by atomic mass is 32.2. The van der Waals surface area contributed by atoms with Crippen LogP contribution in [0, 0.1) is 0 Å². The zero-order chi connectivity index (χ0) is 20.2. The number of anilines is 2. The summed E-state index contributed by atoms with van der Waals surface area (Å²) in [5, 5.41) is 2.70. The predicted molar refractivity (Wildman–Crippen MR) is 102 cm³/mol. The minimum Gasteiger partial charge on any atom is -0.369 e. The lowest BCUT2D eigenvalue weighted by Gasteiger charge is -2.27. The average molecular weight is 396 g/mol. The predicted octanol–water partition coefficient (Wildman–Crippen LogP) is 4.17. The van der Waals surface area contributed by atoms with Crippen molar-refractivity contribution in [2.24, 2.45) is 0 Å². The van der Waals surface area contributed by atoms with Crippen LogP contribution in [0.15, 0.2) is 53.4 Å². The Morgan fingerprint density at radius 1 is 1.04 bits per heavy atom. The number of nitrogens with one attached hydrogen (secondary N) is 1. The Balaban J connectivity index is 2.11. The van der Waals surface area contributed by atoms with Crippen molar-refractivity contribution in [2.75, 3.05) is 16.8 Å². The molecule has 0 radical (unpaired) electrons. The number of alkyl halides is 2.